The van der Waals surface area contributed by atoms with Crippen molar-refractivity contribution in [3.05, 3.63) is 65.7 Å². The van der Waals surface area contributed by atoms with Crippen molar-refractivity contribution in [1.82, 2.24) is 0 Å². The molecule has 0 saturated carbocycles. The van der Waals surface area contributed by atoms with E-state index in [9.17, 15) is 4.79 Å². The van der Waals surface area contributed by atoms with Gasteiger partial charge in [0.25, 0.3) is 0 Å². The zero-order chi connectivity index (χ0) is 16.7. The third-order valence-electron chi connectivity index (χ3n) is 3.46. The van der Waals surface area contributed by atoms with Gasteiger partial charge in [0.05, 0.1) is 6.61 Å². The minimum atomic E-state index is -0.151. The Kier molecular flexibility index (Phi) is 5.98. The Morgan fingerprint density at radius 1 is 1.09 bits per heavy atom. The van der Waals surface area contributed by atoms with E-state index < -0.39 is 0 Å². The molecule has 120 valence electrons. The fourth-order valence-corrected chi connectivity index (χ4v) is 2.15. The largest absolute Gasteiger partial charge is 0.494 e. The monoisotopic (exact) mass is 309 g/mol. The van der Waals surface area contributed by atoms with Crippen molar-refractivity contribution in [3.8, 4) is 5.75 Å². The van der Waals surface area contributed by atoms with Crippen LogP contribution in [0.4, 0.5) is 5.69 Å². The van der Waals surface area contributed by atoms with E-state index in [1.807, 2.05) is 49.4 Å². The van der Waals surface area contributed by atoms with Crippen LogP contribution in [0.25, 0.3) is 6.08 Å². The van der Waals surface area contributed by atoms with E-state index in [4.69, 9.17) is 4.74 Å². The van der Waals surface area contributed by atoms with Gasteiger partial charge in [-0.25, -0.2) is 0 Å². The van der Waals surface area contributed by atoms with Gasteiger partial charge in [-0.3, -0.25) is 4.79 Å². The molecule has 0 spiro atoms. The molecule has 2 aromatic rings. The number of rotatable bonds is 6. The second-order valence-electron chi connectivity index (χ2n) is 5.60. The molecule has 0 radical (unpaired) electrons. The Hall–Kier alpha value is -2.55. The summed E-state index contributed by atoms with van der Waals surface area (Å²) in [7, 11) is 0. The highest BCUT2D eigenvalue weighted by Gasteiger charge is 2.00. The first-order valence-electron chi connectivity index (χ1n) is 7.90. The summed E-state index contributed by atoms with van der Waals surface area (Å²) >= 11 is 0. The smallest absolute Gasteiger partial charge is 0.248 e. The molecule has 0 aliphatic carbocycles. The lowest BCUT2D eigenvalue weighted by atomic mass is 10.0. The van der Waals surface area contributed by atoms with Crippen LogP contribution in [-0.2, 0) is 4.79 Å². The van der Waals surface area contributed by atoms with Crippen LogP contribution in [0.2, 0.25) is 0 Å². The molecule has 0 bridgehead atoms. The fourth-order valence-electron chi connectivity index (χ4n) is 2.15. The third kappa shape index (κ3) is 5.29. The predicted octanol–water partition coefficient (Wildman–Crippen LogP) is 4.86. The first-order valence-corrected chi connectivity index (χ1v) is 7.90. The van der Waals surface area contributed by atoms with Crippen LogP contribution in [-0.4, -0.2) is 12.5 Å². The van der Waals surface area contributed by atoms with Gasteiger partial charge in [0.15, 0.2) is 0 Å². The maximum absolute atomic E-state index is 11.9. The number of anilines is 1. The van der Waals surface area contributed by atoms with Gasteiger partial charge >= 0.3 is 0 Å². The lowest BCUT2D eigenvalue weighted by Crippen LogP contribution is -2.07. The first kappa shape index (κ1) is 16.8. The predicted molar refractivity (Wildman–Crippen MR) is 95.8 cm³/mol. The molecular formula is C20H23NO2. The molecule has 2 aromatic carbocycles. The maximum atomic E-state index is 11.9. The molecule has 0 fully saturated rings. The molecule has 0 saturated heterocycles. The highest BCUT2D eigenvalue weighted by Crippen LogP contribution is 2.17. The Labute approximate surface area is 138 Å². The average Bonchev–Trinajstić information content (AvgIpc) is 2.55. The van der Waals surface area contributed by atoms with Gasteiger partial charge < -0.3 is 10.1 Å². The van der Waals surface area contributed by atoms with Gasteiger partial charge in [0.2, 0.25) is 5.91 Å². The molecule has 0 aliphatic heterocycles. The summed E-state index contributed by atoms with van der Waals surface area (Å²) in [4.78, 5) is 11.9. The number of nitrogens with one attached hydrogen (secondary N) is 1. The standard InChI is InChI=1S/C20H23NO2/c1-4-23-19-12-10-18(11-13-19)21-20(22)14-7-16-5-8-17(9-6-16)15(2)3/h5-15H,4H2,1-3H3,(H,21,22). The summed E-state index contributed by atoms with van der Waals surface area (Å²) in [6.45, 7) is 6.89. The van der Waals surface area contributed by atoms with Gasteiger partial charge in [-0.1, -0.05) is 38.1 Å². The topological polar surface area (TPSA) is 38.3 Å². The van der Waals surface area contributed by atoms with Gasteiger partial charge in [0, 0.05) is 11.8 Å². The molecule has 1 amide bonds. The van der Waals surface area contributed by atoms with E-state index in [1.165, 1.54) is 5.56 Å². The number of carbonyl (C=O) groups excluding carboxylic acids is 1. The van der Waals surface area contributed by atoms with E-state index >= 15 is 0 Å². The molecule has 3 heteroatoms. The minimum absolute atomic E-state index is 0.151. The Balaban J connectivity index is 1.93. The summed E-state index contributed by atoms with van der Waals surface area (Å²) < 4.78 is 5.37. The lowest BCUT2D eigenvalue weighted by molar-refractivity contribution is -0.111. The molecule has 0 aliphatic rings. The van der Waals surface area contributed by atoms with E-state index in [0.717, 1.165) is 17.0 Å². The second-order valence-corrected chi connectivity index (χ2v) is 5.60. The first-order chi connectivity index (χ1) is 11.1. The quantitative estimate of drug-likeness (QED) is 0.774. The van der Waals surface area contributed by atoms with Crippen molar-refractivity contribution >= 4 is 17.7 Å². The normalized spacial score (nSPS) is 11.0. The molecule has 2 rings (SSSR count). The Morgan fingerprint density at radius 2 is 1.74 bits per heavy atom. The van der Waals surface area contributed by atoms with Crippen LogP contribution in [0.3, 0.4) is 0 Å². The summed E-state index contributed by atoms with van der Waals surface area (Å²) in [5, 5.41) is 2.83. The number of ether oxygens (including phenoxy) is 1. The van der Waals surface area contributed by atoms with Crippen LogP contribution in [0.5, 0.6) is 5.75 Å². The molecular weight excluding hydrogens is 286 g/mol. The van der Waals surface area contributed by atoms with Crippen molar-refractivity contribution in [2.45, 2.75) is 26.7 Å². The minimum Gasteiger partial charge on any atom is -0.494 e. The summed E-state index contributed by atoms with van der Waals surface area (Å²) in [6, 6.07) is 15.6. The van der Waals surface area contributed by atoms with Crippen LogP contribution in [0.1, 0.15) is 37.8 Å². The number of hydrogen-bond donors (Lipinski definition) is 1. The summed E-state index contributed by atoms with van der Waals surface area (Å²) in [6.07, 6.45) is 3.36. The van der Waals surface area contributed by atoms with Crippen LogP contribution < -0.4 is 10.1 Å². The molecule has 1 N–H and O–H groups in total. The van der Waals surface area contributed by atoms with Crippen LogP contribution in [0, 0.1) is 0 Å². The molecule has 0 heterocycles. The molecule has 3 nitrogen and oxygen atoms in total. The van der Waals surface area contributed by atoms with Crippen molar-refractivity contribution in [1.29, 1.82) is 0 Å². The zero-order valence-electron chi connectivity index (χ0n) is 13.9. The molecule has 0 aromatic heterocycles. The van der Waals surface area contributed by atoms with Crippen molar-refractivity contribution in [2.24, 2.45) is 0 Å². The van der Waals surface area contributed by atoms with Gasteiger partial charge in [-0.05, 0) is 54.3 Å². The highest BCUT2D eigenvalue weighted by molar-refractivity contribution is 6.01. The lowest BCUT2D eigenvalue weighted by Gasteiger charge is -2.06. The third-order valence-corrected chi connectivity index (χ3v) is 3.46. The SMILES string of the molecule is CCOc1ccc(NC(=O)C=Cc2ccc(C(C)C)cc2)cc1. The van der Waals surface area contributed by atoms with E-state index in [1.54, 1.807) is 6.08 Å². The molecule has 0 atom stereocenters. The Bertz CT molecular complexity index is 655. The number of carbonyl (C=O) groups is 1. The molecule has 0 unspecified atom stereocenters. The van der Waals surface area contributed by atoms with Crippen LogP contribution in [0.15, 0.2) is 54.6 Å². The summed E-state index contributed by atoms with van der Waals surface area (Å²) in [5.74, 6) is 1.16. The van der Waals surface area contributed by atoms with E-state index in [-0.39, 0.29) is 5.91 Å². The second kappa shape index (κ2) is 8.18. The fraction of sp³-hybridized carbons (Fsp3) is 0.250. The van der Waals surface area contributed by atoms with Crippen molar-refractivity contribution in [2.75, 3.05) is 11.9 Å². The Morgan fingerprint density at radius 3 is 2.30 bits per heavy atom. The maximum Gasteiger partial charge on any atom is 0.248 e. The zero-order valence-corrected chi connectivity index (χ0v) is 13.9. The number of hydrogen-bond acceptors (Lipinski definition) is 2. The van der Waals surface area contributed by atoms with E-state index in [2.05, 4.69) is 31.3 Å². The van der Waals surface area contributed by atoms with E-state index in [0.29, 0.717) is 12.5 Å². The number of amides is 1. The van der Waals surface area contributed by atoms with Crippen molar-refractivity contribution < 1.29 is 9.53 Å². The van der Waals surface area contributed by atoms with Crippen molar-refractivity contribution in [3.63, 3.8) is 0 Å². The van der Waals surface area contributed by atoms with Gasteiger partial charge in [-0.2, -0.15) is 0 Å². The highest BCUT2D eigenvalue weighted by atomic mass is 16.5. The average molecular weight is 309 g/mol. The van der Waals surface area contributed by atoms with Gasteiger partial charge in [0.1, 0.15) is 5.75 Å². The summed E-state index contributed by atoms with van der Waals surface area (Å²) in [5.41, 5.74) is 3.05. The van der Waals surface area contributed by atoms with Crippen LogP contribution >= 0.6 is 0 Å². The molecule has 23 heavy (non-hydrogen) atoms. The van der Waals surface area contributed by atoms with Gasteiger partial charge in [-0.15, -0.1) is 0 Å². The number of benzene rings is 2.